The molecule has 0 atom stereocenters. The van der Waals surface area contributed by atoms with Crippen LogP contribution in [-0.4, -0.2) is 17.0 Å². The fourth-order valence-electron chi connectivity index (χ4n) is 1.74. The topological polar surface area (TPSA) is 66.4 Å². The Balaban J connectivity index is 2.05. The lowest BCUT2D eigenvalue weighted by atomic mass is 10.1. The number of benzene rings is 2. The molecule has 6 heteroatoms. The molecule has 2 rings (SSSR count). The van der Waals surface area contributed by atoms with Crippen LogP contribution < -0.4 is 5.32 Å². The first-order chi connectivity index (χ1) is 9.97. The van der Waals surface area contributed by atoms with Gasteiger partial charge in [0.25, 0.3) is 5.91 Å². The number of carboxylic acids is 1. The molecule has 0 spiro atoms. The molecule has 2 aromatic carbocycles. The molecule has 0 aliphatic rings. The second-order valence-electron chi connectivity index (χ2n) is 4.32. The minimum absolute atomic E-state index is 0.149. The molecule has 2 aromatic rings. The Bertz CT molecular complexity index is 703. The molecule has 0 saturated heterocycles. The largest absolute Gasteiger partial charge is 0.478 e. The van der Waals surface area contributed by atoms with Gasteiger partial charge in [-0.25, -0.2) is 9.18 Å². The Morgan fingerprint density at radius 2 is 1.90 bits per heavy atom. The van der Waals surface area contributed by atoms with Gasteiger partial charge in [0.05, 0.1) is 10.0 Å². The number of carboxylic acid groups (broad SMARTS) is 1. The summed E-state index contributed by atoms with van der Waals surface area (Å²) >= 11 is 3.01. The molecular weight excluding hydrogens is 341 g/mol. The zero-order valence-electron chi connectivity index (χ0n) is 10.8. The van der Waals surface area contributed by atoms with Gasteiger partial charge in [0.1, 0.15) is 5.82 Å². The molecule has 0 heterocycles. The van der Waals surface area contributed by atoms with Crippen molar-refractivity contribution in [3.05, 3.63) is 69.4 Å². The highest BCUT2D eigenvalue weighted by molar-refractivity contribution is 9.10. The summed E-state index contributed by atoms with van der Waals surface area (Å²) in [5, 5.41) is 11.5. The second-order valence-corrected chi connectivity index (χ2v) is 5.17. The van der Waals surface area contributed by atoms with Crippen molar-refractivity contribution in [1.82, 2.24) is 5.32 Å². The van der Waals surface area contributed by atoms with Crippen molar-refractivity contribution in [2.45, 2.75) is 6.54 Å². The van der Waals surface area contributed by atoms with E-state index in [1.54, 1.807) is 12.1 Å². The number of hydrogen-bond donors (Lipinski definition) is 2. The van der Waals surface area contributed by atoms with Crippen LogP contribution >= 0.6 is 15.9 Å². The highest BCUT2D eigenvalue weighted by Crippen LogP contribution is 2.16. The van der Waals surface area contributed by atoms with Gasteiger partial charge in [0, 0.05) is 12.1 Å². The third-order valence-corrected chi connectivity index (χ3v) is 3.45. The Labute approximate surface area is 128 Å². The fourth-order valence-corrected chi connectivity index (χ4v) is 1.98. The second kappa shape index (κ2) is 6.49. The summed E-state index contributed by atoms with van der Waals surface area (Å²) < 4.78 is 13.6. The standard InChI is InChI=1S/C15H11BrFNO3/c16-12-5-4-10(7-13(12)17)14(19)18-8-9-2-1-3-11(6-9)15(20)21/h1-7H,8H2,(H,18,19)(H,20,21). The monoisotopic (exact) mass is 351 g/mol. The summed E-state index contributed by atoms with van der Waals surface area (Å²) in [4.78, 5) is 22.7. The van der Waals surface area contributed by atoms with Crippen LogP contribution in [-0.2, 0) is 6.54 Å². The maximum absolute atomic E-state index is 13.4. The molecule has 0 bridgehead atoms. The third kappa shape index (κ3) is 3.88. The molecule has 1 amide bonds. The summed E-state index contributed by atoms with van der Waals surface area (Å²) in [5.41, 5.74) is 1.00. The van der Waals surface area contributed by atoms with Crippen LogP contribution in [0, 0.1) is 5.82 Å². The number of amides is 1. The minimum atomic E-state index is -1.03. The molecule has 0 radical (unpaired) electrons. The smallest absolute Gasteiger partial charge is 0.335 e. The van der Waals surface area contributed by atoms with Crippen LogP contribution in [0.15, 0.2) is 46.9 Å². The SMILES string of the molecule is O=C(O)c1cccc(CNC(=O)c2ccc(Br)c(F)c2)c1. The predicted molar refractivity (Wildman–Crippen MR) is 78.7 cm³/mol. The van der Waals surface area contributed by atoms with Gasteiger partial charge in [0.15, 0.2) is 0 Å². The van der Waals surface area contributed by atoms with Crippen molar-refractivity contribution in [3.63, 3.8) is 0 Å². The van der Waals surface area contributed by atoms with Crippen molar-refractivity contribution < 1.29 is 19.1 Å². The van der Waals surface area contributed by atoms with E-state index in [4.69, 9.17) is 5.11 Å². The average Bonchev–Trinajstić information content (AvgIpc) is 2.48. The summed E-state index contributed by atoms with van der Waals surface area (Å²) in [6, 6.07) is 10.3. The molecule has 0 saturated carbocycles. The van der Waals surface area contributed by atoms with E-state index < -0.39 is 17.7 Å². The third-order valence-electron chi connectivity index (χ3n) is 2.81. The Hall–Kier alpha value is -2.21. The highest BCUT2D eigenvalue weighted by atomic mass is 79.9. The van der Waals surface area contributed by atoms with Crippen LogP contribution in [0.3, 0.4) is 0 Å². The molecule has 108 valence electrons. The average molecular weight is 352 g/mol. The number of carbonyl (C=O) groups excluding carboxylic acids is 1. The number of aromatic carboxylic acids is 1. The van der Waals surface area contributed by atoms with E-state index in [0.717, 1.165) is 6.07 Å². The van der Waals surface area contributed by atoms with Gasteiger partial charge in [-0.05, 0) is 51.8 Å². The molecule has 4 nitrogen and oxygen atoms in total. The maximum atomic E-state index is 13.4. The van der Waals surface area contributed by atoms with Crippen LogP contribution in [0.1, 0.15) is 26.3 Å². The van der Waals surface area contributed by atoms with Gasteiger partial charge in [0.2, 0.25) is 0 Å². The van der Waals surface area contributed by atoms with E-state index >= 15 is 0 Å². The van der Waals surface area contributed by atoms with E-state index in [2.05, 4.69) is 21.2 Å². The Morgan fingerprint density at radius 3 is 2.57 bits per heavy atom. The highest BCUT2D eigenvalue weighted by Gasteiger charge is 2.09. The van der Waals surface area contributed by atoms with Crippen LogP contribution in [0.5, 0.6) is 0 Å². The van der Waals surface area contributed by atoms with Gasteiger partial charge in [-0.3, -0.25) is 4.79 Å². The predicted octanol–water partition coefficient (Wildman–Crippen LogP) is 3.22. The zero-order chi connectivity index (χ0) is 15.4. The van der Waals surface area contributed by atoms with Gasteiger partial charge >= 0.3 is 5.97 Å². The summed E-state index contributed by atoms with van der Waals surface area (Å²) in [6.45, 7) is 0.164. The van der Waals surface area contributed by atoms with Gasteiger partial charge in [-0.2, -0.15) is 0 Å². The van der Waals surface area contributed by atoms with Crippen molar-refractivity contribution in [1.29, 1.82) is 0 Å². The van der Waals surface area contributed by atoms with Crippen molar-refractivity contribution in [3.8, 4) is 0 Å². The quantitative estimate of drug-likeness (QED) is 0.888. The maximum Gasteiger partial charge on any atom is 0.335 e. The summed E-state index contributed by atoms with van der Waals surface area (Å²) in [5.74, 6) is -1.98. The van der Waals surface area contributed by atoms with Crippen LogP contribution in [0.4, 0.5) is 4.39 Å². The first-order valence-electron chi connectivity index (χ1n) is 6.03. The molecular formula is C15H11BrFNO3. The normalized spacial score (nSPS) is 10.2. The van der Waals surface area contributed by atoms with E-state index in [1.807, 2.05) is 0 Å². The van der Waals surface area contributed by atoms with Gasteiger partial charge in [-0.1, -0.05) is 12.1 Å². The molecule has 21 heavy (non-hydrogen) atoms. The number of carbonyl (C=O) groups is 2. The van der Waals surface area contributed by atoms with Crippen molar-refractivity contribution in [2.24, 2.45) is 0 Å². The van der Waals surface area contributed by atoms with Gasteiger partial charge in [-0.15, -0.1) is 0 Å². The first-order valence-corrected chi connectivity index (χ1v) is 6.82. The van der Waals surface area contributed by atoms with Crippen LogP contribution in [0.25, 0.3) is 0 Å². The van der Waals surface area contributed by atoms with E-state index in [9.17, 15) is 14.0 Å². The van der Waals surface area contributed by atoms with Crippen molar-refractivity contribution >= 4 is 27.8 Å². The Kier molecular flexibility index (Phi) is 4.70. The number of halogens is 2. The van der Waals surface area contributed by atoms with E-state index in [1.165, 1.54) is 24.3 Å². The van der Waals surface area contributed by atoms with Crippen LogP contribution in [0.2, 0.25) is 0 Å². The lowest BCUT2D eigenvalue weighted by Crippen LogP contribution is -2.23. The molecule has 0 fully saturated rings. The first kappa shape index (κ1) is 15.2. The number of rotatable bonds is 4. The minimum Gasteiger partial charge on any atom is -0.478 e. The van der Waals surface area contributed by atoms with Gasteiger partial charge < -0.3 is 10.4 Å². The lowest BCUT2D eigenvalue weighted by molar-refractivity contribution is 0.0696. The molecule has 0 aromatic heterocycles. The molecule has 0 unspecified atom stereocenters. The number of hydrogen-bond acceptors (Lipinski definition) is 2. The summed E-state index contributed by atoms with van der Waals surface area (Å²) in [6.07, 6.45) is 0. The zero-order valence-corrected chi connectivity index (χ0v) is 12.4. The summed E-state index contributed by atoms with van der Waals surface area (Å²) in [7, 11) is 0. The lowest BCUT2D eigenvalue weighted by Gasteiger charge is -2.07. The fraction of sp³-hybridized carbons (Fsp3) is 0.0667. The molecule has 0 aliphatic heterocycles. The molecule has 0 aliphatic carbocycles. The van der Waals surface area contributed by atoms with E-state index in [0.29, 0.717) is 5.56 Å². The van der Waals surface area contributed by atoms with Crippen molar-refractivity contribution in [2.75, 3.05) is 0 Å². The molecule has 2 N–H and O–H groups in total. The van der Waals surface area contributed by atoms with E-state index in [-0.39, 0.29) is 22.1 Å². The number of nitrogens with one attached hydrogen (secondary N) is 1. The Morgan fingerprint density at radius 1 is 1.14 bits per heavy atom.